The van der Waals surface area contributed by atoms with Gasteiger partial charge in [0.2, 0.25) is 0 Å². The maximum Gasteiger partial charge on any atom is 0.265 e. The molecule has 5 nitrogen and oxygen atoms in total. The second-order valence-electron chi connectivity index (χ2n) is 7.16. The van der Waals surface area contributed by atoms with Crippen molar-refractivity contribution in [2.24, 2.45) is 0 Å². The average Bonchev–Trinajstić information content (AvgIpc) is 3.19. The molecular formula is C22H25BrN2O3. The van der Waals surface area contributed by atoms with E-state index in [1.54, 1.807) is 19.1 Å². The van der Waals surface area contributed by atoms with Crippen LogP contribution in [0, 0.1) is 13.8 Å². The van der Waals surface area contributed by atoms with Gasteiger partial charge in [0.25, 0.3) is 11.8 Å². The lowest BCUT2D eigenvalue weighted by molar-refractivity contribution is -0.122. The van der Waals surface area contributed by atoms with Crippen molar-refractivity contribution in [2.75, 3.05) is 18.4 Å². The molecule has 1 N–H and O–H groups in total. The molecule has 1 aliphatic heterocycles. The van der Waals surface area contributed by atoms with Crippen molar-refractivity contribution >= 4 is 33.4 Å². The van der Waals surface area contributed by atoms with Crippen LogP contribution in [0.3, 0.4) is 0 Å². The number of anilines is 1. The third kappa shape index (κ3) is 4.55. The number of hydrogen-bond acceptors (Lipinski definition) is 3. The number of hydrogen-bond donors (Lipinski definition) is 1. The first kappa shape index (κ1) is 20.4. The molecule has 0 bridgehead atoms. The molecule has 0 saturated carbocycles. The number of amides is 2. The summed E-state index contributed by atoms with van der Waals surface area (Å²) in [6.07, 6.45) is 1.35. The Morgan fingerprint density at radius 3 is 2.36 bits per heavy atom. The summed E-state index contributed by atoms with van der Waals surface area (Å²) in [5.74, 6) is 0.372. The highest BCUT2D eigenvalue weighted by Gasteiger charge is 2.24. The molecule has 148 valence electrons. The average molecular weight is 445 g/mol. The summed E-state index contributed by atoms with van der Waals surface area (Å²) in [7, 11) is 0. The van der Waals surface area contributed by atoms with E-state index in [-0.39, 0.29) is 11.8 Å². The van der Waals surface area contributed by atoms with E-state index in [0.29, 0.717) is 17.0 Å². The Bertz CT molecular complexity index is 868. The Balaban J connectivity index is 1.74. The van der Waals surface area contributed by atoms with Gasteiger partial charge in [0.15, 0.2) is 6.10 Å². The quantitative estimate of drug-likeness (QED) is 0.726. The lowest BCUT2D eigenvalue weighted by Crippen LogP contribution is -2.32. The Labute approximate surface area is 174 Å². The standard InChI is InChI=1S/C22H25BrN2O3/c1-14-12-17(23)13-15(2)20(14)28-16(3)21(26)24-19-9-5-4-8-18(19)22(27)25-10-6-7-11-25/h4-5,8-9,12-13,16H,6-7,10-11H2,1-3H3,(H,24,26)/t16-/m1/s1. The van der Waals surface area contributed by atoms with Crippen molar-refractivity contribution < 1.29 is 14.3 Å². The zero-order chi connectivity index (χ0) is 20.3. The molecule has 1 aliphatic rings. The van der Waals surface area contributed by atoms with Gasteiger partial charge in [-0.05, 0) is 69.0 Å². The van der Waals surface area contributed by atoms with Gasteiger partial charge in [0, 0.05) is 17.6 Å². The molecule has 3 rings (SSSR count). The van der Waals surface area contributed by atoms with Crippen molar-refractivity contribution in [3.63, 3.8) is 0 Å². The van der Waals surface area contributed by atoms with Gasteiger partial charge in [-0.1, -0.05) is 28.1 Å². The number of carbonyl (C=O) groups excluding carboxylic acids is 2. The second kappa shape index (κ2) is 8.78. The lowest BCUT2D eigenvalue weighted by Gasteiger charge is -2.20. The van der Waals surface area contributed by atoms with E-state index >= 15 is 0 Å². The Kier molecular flexibility index (Phi) is 6.39. The number of nitrogens with zero attached hydrogens (tertiary/aromatic N) is 1. The Morgan fingerprint density at radius 2 is 1.71 bits per heavy atom. The van der Waals surface area contributed by atoms with Crippen LogP contribution in [0.25, 0.3) is 0 Å². The fourth-order valence-electron chi connectivity index (χ4n) is 3.42. The van der Waals surface area contributed by atoms with Crippen molar-refractivity contribution in [3.8, 4) is 5.75 Å². The summed E-state index contributed by atoms with van der Waals surface area (Å²) in [5, 5.41) is 2.86. The maximum atomic E-state index is 12.8. The molecule has 0 aromatic heterocycles. The smallest absolute Gasteiger partial charge is 0.265 e. The first-order valence-electron chi connectivity index (χ1n) is 9.49. The van der Waals surface area contributed by atoms with Crippen LogP contribution in [0.5, 0.6) is 5.75 Å². The highest BCUT2D eigenvalue weighted by Crippen LogP contribution is 2.28. The van der Waals surface area contributed by atoms with Gasteiger partial charge in [-0.2, -0.15) is 0 Å². The number of para-hydroxylation sites is 1. The predicted octanol–water partition coefficient (Wildman–Crippen LogP) is 4.71. The van der Waals surface area contributed by atoms with Gasteiger partial charge >= 0.3 is 0 Å². The van der Waals surface area contributed by atoms with Gasteiger partial charge in [-0.3, -0.25) is 9.59 Å². The van der Waals surface area contributed by atoms with Crippen LogP contribution in [0.4, 0.5) is 5.69 Å². The van der Waals surface area contributed by atoms with E-state index < -0.39 is 6.10 Å². The topological polar surface area (TPSA) is 58.6 Å². The molecule has 28 heavy (non-hydrogen) atoms. The van der Waals surface area contributed by atoms with Crippen LogP contribution >= 0.6 is 15.9 Å². The summed E-state index contributed by atoms with van der Waals surface area (Å²) in [6.45, 7) is 7.14. The minimum absolute atomic E-state index is 0.0402. The molecule has 1 saturated heterocycles. The van der Waals surface area contributed by atoms with Gasteiger partial charge in [-0.25, -0.2) is 0 Å². The minimum Gasteiger partial charge on any atom is -0.480 e. The van der Waals surface area contributed by atoms with E-state index in [0.717, 1.165) is 41.5 Å². The van der Waals surface area contributed by atoms with Crippen LogP contribution in [-0.2, 0) is 4.79 Å². The van der Waals surface area contributed by atoms with Crippen molar-refractivity contribution in [3.05, 3.63) is 57.6 Å². The third-order valence-corrected chi connectivity index (χ3v) is 5.36. The van der Waals surface area contributed by atoms with Crippen LogP contribution in [-0.4, -0.2) is 35.9 Å². The molecular weight excluding hydrogens is 420 g/mol. The van der Waals surface area contributed by atoms with E-state index in [4.69, 9.17) is 4.74 Å². The first-order chi connectivity index (χ1) is 13.4. The van der Waals surface area contributed by atoms with E-state index in [2.05, 4.69) is 21.2 Å². The number of rotatable bonds is 5. The highest BCUT2D eigenvalue weighted by molar-refractivity contribution is 9.10. The number of benzene rings is 2. The van der Waals surface area contributed by atoms with Crippen LogP contribution in [0.2, 0.25) is 0 Å². The van der Waals surface area contributed by atoms with Crippen molar-refractivity contribution in [1.82, 2.24) is 4.90 Å². The molecule has 1 fully saturated rings. The number of halogens is 1. The Morgan fingerprint density at radius 1 is 1.11 bits per heavy atom. The fourth-order valence-corrected chi connectivity index (χ4v) is 4.10. The summed E-state index contributed by atoms with van der Waals surface area (Å²) < 4.78 is 6.91. The maximum absolute atomic E-state index is 12.8. The lowest BCUT2D eigenvalue weighted by atomic mass is 10.1. The first-order valence-corrected chi connectivity index (χ1v) is 10.3. The van der Waals surface area contributed by atoms with Gasteiger partial charge in [0.1, 0.15) is 5.75 Å². The molecule has 2 aromatic rings. The van der Waals surface area contributed by atoms with E-state index in [1.807, 2.05) is 43.0 Å². The zero-order valence-electron chi connectivity index (χ0n) is 16.4. The largest absolute Gasteiger partial charge is 0.480 e. The summed E-state index contributed by atoms with van der Waals surface area (Å²) in [5.41, 5.74) is 2.94. The number of nitrogens with one attached hydrogen (secondary N) is 1. The summed E-state index contributed by atoms with van der Waals surface area (Å²) in [6, 6.07) is 11.0. The van der Waals surface area contributed by atoms with Crippen LogP contribution in [0.15, 0.2) is 40.9 Å². The molecule has 0 radical (unpaired) electrons. The molecule has 1 heterocycles. The summed E-state index contributed by atoms with van der Waals surface area (Å²) >= 11 is 3.47. The molecule has 6 heteroatoms. The second-order valence-corrected chi connectivity index (χ2v) is 8.08. The summed E-state index contributed by atoms with van der Waals surface area (Å²) in [4.78, 5) is 27.3. The van der Waals surface area contributed by atoms with E-state index in [9.17, 15) is 9.59 Å². The van der Waals surface area contributed by atoms with Crippen molar-refractivity contribution in [1.29, 1.82) is 0 Å². The zero-order valence-corrected chi connectivity index (χ0v) is 18.0. The molecule has 0 spiro atoms. The number of carbonyl (C=O) groups is 2. The van der Waals surface area contributed by atoms with E-state index in [1.165, 1.54) is 0 Å². The number of likely N-dealkylation sites (tertiary alicyclic amines) is 1. The molecule has 2 aromatic carbocycles. The number of aryl methyl sites for hydroxylation is 2. The predicted molar refractivity (Wildman–Crippen MR) is 114 cm³/mol. The van der Waals surface area contributed by atoms with Crippen LogP contribution < -0.4 is 10.1 Å². The molecule has 0 aliphatic carbocycles. The fraction of sp³-hybridized carbons (Fsp3) is 0.364. The van der Waals surface area contributed by atoms with Gasteiger partial charge in [-0.15, -0.1) is 0 Å². The Hall–Kier alpha value is -2.34. The van der Waals surface area contributed by atoms with Crippen LogP contribution in [0.1, 0.15) is 41.3 Å². The normalized spacial score (nSPS) is 14.6. The minimum atomic E-state index is -0.700. The van der Waals surface area contributed by atoms with Gasteiger partial charge < -0.3 is 15.0 Å². The third-order valence-electron chi connectivity index (χ3n) is 4.90. The highest BCUT2D eigenvalue weighted by atomic mass is 79.9. The molecule has 2 amide bonds. The van der Waals surface area contributed by atoms with Gasteiger partial charge in [0.05, 0.1) is 11.3 Å². The SMILES string of the molecule is Cc1cc(Br)cc(C)c1O[C@H](C)C(=O)Nc1ccccc1C(=O)N1CCCC1. The monoisotopic (exact) mass is 444 g/mol. The molecule has 0 unspecified atom stereocenters. The van der Waals surface area contributed by atoms with Crippen molar-refractivity contribution in [2.45, 2.75) is 39.7 Å². The number of ether oxygens (including phenoxy) is 1. The molecule has 1 atom stereocenters.